The standard InChI is InChI=1S/C12H17NO6S/c1-9-3-5-10(6-4-9)20(17,18)13-7-12(16,8-14)11(15)19-2/h3-6,13-14,16H,7-8H2,1-2H3/t12-/m1/s1. The number of aryl methyl sites for hydroxylation is 1. The van der Waals surface area contributed by atoms with Crippen molar-refractivity contribution < 1.29 is 28.2 Å². The highest BCUT2D eigenvalue weighted by Crippen LogP contribution is 2.12. The third kappa shape index (κ3) is 3.76. The van der Waals surface area contributed by atoms with Gasteiger partial charge < -0.3 is 14.9 Å². The first-order valence-corrected chi connectivity index (χ1v) is 7.21. The van der Waals surface area contributed by atoms with Gasteiger partial charge in [-0.25, -0.2) is 17.9 Å². The molecule has 7 nitrogen and oxygen atoms in total. The van der Waals surface area contributed by atoms with Crippen molar-refractivity contribution in [2.45, 2.75) is 17.4 Å². The van der Waals surface area contributed by atoms with Gasteiger partial charge in [-0.1, -0.05) is 17.7 Å². The minimum atomic E-state index is -3.89. The summed E-state index contributed by atoms with van der Waals surface area (Å²) in [6.07, 6.45) is 0. The molecule has 8 heteroatoms. The van der Waals surface area contributed by atoms with Crippen molar-refractivity contribution in [3.05, 3.63) is 29.8 Å². The van der Waals surface area contributed by atoms with Gasteiger partial charge >= 0.3 is 5.97 Å². The molecule has 0 saturated heterocycles. The van der Waals surface area contributed by atoms with Gasteiger partial charge in [0.2, 0.25) is 10.0 Å². The molecule has 0 aromatic heterocycles. The van der Waals surface area contributed by atoms with E-state index in [1.165, 1.54) is 12.1 Å². The molecule has 0 spiro atoms. The first kappa shape index (κ1) is 16.6. The number of methoxy groups -OCH3 is 1. The number of hydrogen-bond acceptors (Lipinski definition) is 6. The number of sulfonamides is 1. The molecule has 1 rings (SSSR count). The Hall–Kier alpha value is -1.48. The summed E-state index contributed by atoms with van der Waals surface area (Å²) in [5.74, 6) is -1.12. The smallest absolute Gasteiger partial charge is 0.341 e. The lowest BCUT2D eigenvalue weighted by Crippen LogP contribution is -2.52. The summed E-state index contributed by atoms with van der Waals surface area (Å²) in [5, 5.41) is 18.8. The fourth-order valence-electron chi connectivity index (χ4n) is 1.40. The second-order valence-electron chi connectivity index (χ2n) is 4.32. The van der Waals surface area contributed by atoms with Gasteiger partial charge in [0.15, 0.2) is 5.60 Å². The molecule has 1 aromatic rings. The van der Waals surface area contributed by atoms with Crippen molar-refractivity contribution in [3.63, 3.8) is 0 Å². The summed E-state index contributed by atoms with van der Waals surface area (Å²) in [5.41, 5.74) is -1.42. The second kappa shape index (κ2) is 6.31. The molecule has 20 heavy (non-hydrogen) atoms. The van der Waals surface area contributed by atoms with Crippen LogP contribution in [0.2, 0.25) is 0 Å². The lowest BCUT2D eigenvalue weighted by molar-refractivity contribution is -0.165. The Kier molecular flexibility index (Phi) is 5.23. The number of aliphatic hydroxyl groups is 2. The molecule has 0 unspecified atom stereocenters. The van der Waals surface area contributed by atoms with E-state index < -0.39 is 34.7 Å². The number of rotatable bonds is 6. The van der Waals surface area contributed by atoms with E-state index in [9.17, 15) is 18.3 Å². The van der Waals surface area contributed by atoms with E-state index in [1.807, 2.05) is 6.92 Å². The highest BCUT2D eigenvalue weighted by molar-refractivity contribution is 7.89. The molecule has 0 amide bonds. The van der Waals surface area contributed by atoms with Crippen molar-refractivity contribution in [3.8, 4) is 0 Å². The maximum Gasteiger partial charge on any atom is 0.341 e. The van der Waals surface area contributed by atoms with E-state index in [0.29, 0.717) is 0 Å². The topological polar surface area (TPSA) is 113 Å². The van der Waals surface area contributed by atoms with E-state index >= 15 is 0 Å². The lowest BCUT2D eigenvalue weighted by Gasteiger charge is -2.22. The molecule has 0 aliphatic rings. The number of esters is 1. The number of benzene rings is 1. The van der Waals surface area contributed by atoms with Crippen LogP contribution >= 0.6 is 0 Å². The average molecular weight is 303 g/mol. The van der Waals surface area contributed by atoms with Crippen molar-refractivity contribution >= 4 is 16.0 Å². The quantitative estimate of drug-likeness (QED) is 0.591. The van der Waals surface area contributed by atoms with Crippen LogP contribution in [0.1, 0.15) is 5.56 Å². The van der Waals surface area contributed by atoms with Crippen LogP contribution in [0, 0.1) is 6.92 Å². The zero-order valence-corrected chi connectivity index (χ0v) is 12.0. The minimum Gasteiger partial charge on any atom is -0.467 e. The van der Waals surface area contributed by atoms with E-state index in [1.54, 1.807) is 12.1 Å². The summed E-state index contributed by atoms with van der Waals surface area (Å²) in [6, 6.07) is 6.03. The van der Waals surface area contributed by atoms with Gasteiger partial charge in [-0.3, -0.25) is 0 Å². The molecule has 3 N–H and O–H groups in total. The summed E-state index contributed by atoms with van der Waals surface area (Å²) >= 11 is 0. The molecule has 1 atom stereocenters. The van der Waals surface area contributed by atoms with E-state index in [4.69, 9.17) is 5.11 Å². The summed E-state index contributed by atoms with van der Waals surface area (Å²) in [7, 11) is -2.87. The third-order valence-corrected chi connectivity index (χ3v) is 4.13. The molecule has 0 radical (unpaired) electrons. The Labute approximate surface area is 117 Å². The van der Waals surface area contributed by atoms with Crippen LogP contribution in [0.4, 0.5) is 0 Å². The number of carbonyl (C=O) groups is 1. The Balaban J connectivity index is 2.87. The van der Waals surface area contributed by atoms with E-state index in [-0.39, 0.29) is 4.90 Å². The van der Waals surface area contributed by atoms with Crippen LogP contribution < -0.4 is 4.72 Å². The van der Waals surface area contributed by atoms with Gasteiger partial charge in [-0.2, -0.15) is 0 Å². The minimum absolute atomic E-state index is 0.00624. The predicted molar refractivity (Wildman–Crippen MR) is 70.4 cm³/mol. The SMILES string of the molecule is COC(=O)[C@](O)(CO)CNS(=O)(=O)c1ccc(C)cc1. The van der Waals surface area contributed by atoms with Gasteiger partial charge in [-0.15, -0.1) is 0 Å². The first-order chi connectivity index (χ1) is 9.25. The predicted octanol–water partition coefficient (Wildman–Crippen LogP) is -0.830. The maximum absolute atomic E-state index is 12.0. The van der Waals surface area contributed by atoms with Gasteiger partial charge in [0.25, 0.3) is 0 Å². The molecule has 0 aliphatic carbocycles. The lowest BCUT2D eigenvalue weighted by atomic mass is 10.1. The Morgan fingerprint density at radius 1 is 1.35 bits per heavy atom. The highest BCUT2D eigenvalue weighted by atomic mass is 32.2. The largest absolute Gasteiger partial charge is 0.467 e. The zero-order valence-electron chi connectivity index (χ0n) is 11.2. The summed E-state index contributed by atoms with van der Waals surface area (Å²) < 4.78 is 30.3. The number of ether oxygens (including phenoxy) is 1. The summed E-state index contributed by atoms with van der Waals surface area (Å²) in [6.45, 7) is 0.161. The van der Waals surface area contributed by atoms with Crippen LogP contribution in [0.25, 0.3) is 0 Å². The molecule has 0 bridgehead atoms. The van der Waals surface area contributed by atoms with E-state index in [0.717, 1.165) is 12.7 Å². The van der Waals surface area contributed by atoms with E-state index in [2.05, 4.69) is 9.46 Å². The normalized spacial score (nSPS) is 14.6. The number of carbonyl (C=O) groups excluding carboxylic acids is 1. The number of aliphatic hydroxyl groups excluding tert-OH is 1. The molecule has 0 heterocycles. The van der Waals surface area contributed by atoms with Crippen LogP contribution in [0.15, 0.2) is 29.2 Å². The van der Waals surface area contributed by atoms with Crippen LogP contribution in [-0.2, 0) is 19.6 Å². The fraction of sp³-hybridized carbons (Fsp3) is 0.417. The van der Waals surface area contributed by atoms with Crippen molar-refractivity contribution in [2.24, 2.45) is 0 Å². The number of nitrogens with one attached hydrogen (secondary N) is 1. The molecular weight excluding hydrogens is 286 g/mol. The van der Waals surface area contributed by atoms with Gasteiger partial charge in [-0.05, 0) is 19.1 Å². The highest BCUT2D eigenvalue weighted by Gasteiger charge is 2.38. The molecular formula is C12H17NO6S. The van der Waals surface area contributed by atoms with Crippen LogP contribution in [0.5, 0.6) is 0 Å². The van der Waals surface area contributed by atoms with Gasteiger partial charge in [0.05, 0.1) is 25.2 Å². The van der Waals surface area contributed by atoms with Crippen LogP contribution in [0.3, 0.4) is 0 Å². The van der Waals surface area contributed by atoms with Crippen LogP contribution in [-0.4, -0.2) is 50.5 Å². The third-order valence-electron chi connectivity index (χ3n) is 2.71. The van der Waals surface area contributed by atoms with Crippen molar-refractivity contribution in [1.29, 1.82) is 0 Å². The van der Waals surface area contributed by atoms with Crippen molar-refractivity contribution in [2.75, 3.05) is 20.3 Å². The Morgan fingerprint density at radius 2 is 1.90 bits per heavy atom. The Morgan fingerprint density at radius 3 is 2.35 bits per heavy atom. The molecule has 0 fully saturated rings. The van der Waals surface area contributed by atoms with Crippen molar-refractivity contribution in [1.82, 2.24) is 4.72 Å². The average Bonchev–Trinajstić information content (AvgIpc) is 2.44. The monoisotopic (exact) mass is 303 g/mol. The van der Waals surface area contributed by atoms with Gasteiger partial charge in [0.1, 0.15) is 0 Å². The number of hydrogen-bond donors (Lipinski definition) is 3. The maximum atomic E-state index is 12.0. The first-order valence-electron chi connectivity index (χ1n) is 5.73. The second-order valence-corrected chi connectivity index (χ2v) is 6.09. The molecule has 0 saturated carbocycles. The fourth-order valence-corrected chi connectivity index (χ4v) is 2.49. The summed E-state index contributed by atoms with van der Waals surface area (Å²) in [4.78, 5) is 11.3. The molecule has 0 aliphatic heterocycles. The Bertz CT molecular complexity index is 568. The van der Waals surface area contributed by atoms with Gasteiger partial charge in [0, 0.05) is 0 Å². The molecule has 1 aromatic carbocycles. The molecule has 112 valence electrons. The zero-order chi connectivity index (χ0) is 15.4.